The Morgan fingerprint density at radius 2 is 2.29 bits per heavy atom. The molecule has 0 saturated carbocycles. The first-order chi connectivity index (χ1) is 8.13. The maximum Gasteiger partial charge on any atom is 0.328 e. The normalized spacial score (nSPS) is 11.2. The molecule has 0 atom stereocenters. The van der Waals surface area contributed by atoms with Crippen LogP contribution in [0.2, 0.25) is 5.15 Å². The SMILES string of the molecule is COc1cccc2c(/C=C/C(=O)O)c(Cl)[nH]c12. The summed E-state index contributed by atoms with van der Waals surface area (Å²) in [7, 11) is 1.57. The molecule has 0 spiro atoms. The summed E-state index contributed by atoms with van der Waals surface area (Å²) in [6, 6.07) is 5.48. The van der Waals surface area contributed by atoms with E-state index in [1.54, 1.807) is 13.2 Å². The number of nitrogens with one attached hydrogen (secondary N) is 1. The van der Waals surface area contributed by atoms with Crippen molar-refractivity contribution in [2.75, 3.05) is 7.11 Å². The van der Waals surface area contributed by atoms with Crippen molar-refractivity contribution in [2.24, 2.45) is 0 Å². The van der Waals surface area contributed by atoms with Gasteiger partial charge in [-0.05, 0) is 12.1 Å². The quantitative estimate of drug-likeness (QED) is 0.825. The average Bonchev–Trinajstić information content (AvgIpc) is 2.62. The molecule has 0 radical (unpaired) electrons. The summed E-state index contributed by atoms with van der Waals surface area (Å²) in [6.07, 6.45) is 2.51. The fourth-order valence-electron chi connectivity index (χ4n) is 1.67. The summed E-state index contributed by atoms with van der Waals surface area (Å²) in [5.41, 5.74) is 1.40. The molecule has 1 heterocycles. The molecular formula is C12H10ClNO3. The van der Waals surface area contributed by atoms with Crippen LogP contribution in [0.5, 0.6) is 5.75 Å². The van der Waals surface area contributed by atoms with Crippen LogP contribution in [-0.2, 0) is 4.79 Å². The lowest BCUT2D eigenvalue weighted by Gasteiger charge is -2.00. The third-order valence-corrected chi connectivity index (χ3v) is 2.70. The minimum absolute atomic E-state index is 0.391. The number of carbonyl (C=O) groups is 1. The minimum Gasteiger partial charge on any atom is -0.495 e. The highest BCUT2D eigenvalue weighted by molar-refractivity contribution is 6.33. The summed E-state index contributed by atoms with van der Waals surface area (Å²) in [5.74, 6) is -0.349. The molecule has 0 aliphatic heterocycles. The van der Waals surface area contributed by atoms with Gasteiger partial charge in [-0.15, -0.1) is 0 Å². The van der Waals surface area contributed by atoms with Crippen LogP contribution in [0.15, 0.2) is 24.3 Å². The molecule has 2 rings (SSSR count). The number of fused-ring (bicyclic) bond motifs is 1. The van der Waals surface area contributed by atoms with Crippen LogP contribution in [0.25, 0.3) is 17.0 Å². The zero-order chi connectivity index (χ0) is 12.4. The van der Waals surface area contributed by atoms with Crippen molar-refractivity contribution in [3.05, 3.63) is 35.0 Å². The van der Waals surface area contributed by atoms with Crippen LogP contribution < -0.4 is 4.74 Å². The second-order valence-electron chi connectivity index (χ2n) is 3.41. The monoisotopic (exact) mass is 251 g/mol. The number of hydrogen-bond acceptors (Lipinski definition) is 2. The van der Waals surface area contributed by atoms with Gasteiger partial charge in [-0.1, -0.05) is 23.7 Å². The van der Waals surface area contributed by atoms with Crippen LogP contribution in [0.3, 0.4) is 0 Å². The fraction of sp³-hybridized carbons (Fsp3) is 0.0833. The number of halogens is 1. The van der Waals surface area contributed by atoms with E-state index in [0.717, 1.165) is 17.0 Å². The van der Waals surface area contributed by atoms with Gasteiger partial charge in [0.05, 0.1) is 12.6 Å². The largest absolute Gasteiger partial charge is 0.495 e. The van der Waals surface area contributed by atoms with E-state index >= 15 is 0 Å². The lowest BCUT2D eigenvalue weighted by Crippen LogP contribution is -1.85. The van der Waals surface area contributed by atoms with Crippen LogP contribution in [-0.4, -0.2) is 23.2 Å². The first-order valence-corrected chi connectivity index (χ1v) is 5.26. The summed E-state index contributed by atoms with van der Waals surface area (Å²) in [4.78, 5) is 13.5. The van der Waals surface area contributed by atoms with Gasteiger partial charge in [0.1, 0.15) is 10.9 Å². The number of carboxylic acids is 1. The third-order valence-electron chi connectivity index (χ3n) is 2.40. The number of aliphatic carboxylic acids is 1. The van der Waals surface area contributed by atoms with Crippen molar-refractivity contribution >= 4 is 34.5 Å². The van der Waals surface area contributed by atoms with E-state index in [0.29, 0.717) is 16.5 Å². The standard InChI is InChI=1S/C12H10ClNO3/c1-17-9-4-2-3-7-8(5-6-10(15)16)12(13)14-11(7)9/h2-6,14H,1H3,(H,15,16)/b6-5+. The molecule has 0 bridgehead atoms. The van der Waals surface area contributed by atoms with Crippen LogP contribution in [0, 0.1) is 0 Å². The Hall–Kier alpha value is -1.94. The molecular weight excluding hydrogens is 242 g/mol. The highest BCUT2D eigenvalue weighted by Gasteiger charge is 2.10. The van der Waals surface area contributed by atoms with Crippen molar-refractivity contribution in [3.63, 3.8) is 0 Å². The maximum atomic E-state index is 10.5. The molecule has 0 saturated heterocycles. The lowest BCUT2D eigenvalue weighted by atomic mass is 10.1. The Balaban J connectivity index is 2.64. The van der Waals surface area contributed by atoms with Gasteiger partial charge in [0.2, 0.25) is 0 Å². The Kier molecular flexibility index (Phi) is 3.06. The maximum absolute atomic E-state index is 10.5. The van der Waals surface area contributed by atoms with E-state index in [2.05, 4.69) is 4.98 Å². The highest BCUT2D eigenvalue weighted by atomic mass is 35.5. The molecule has 1 aromatic heterocycles. The second-order valence-corrected chi connectivity index (χ2v) is 3.79. The first kappa shape index (κ1) is 11.5. The summed E-state index contributed by atoms with van der Waals surface area (Å²) in [6.45, 7) is 0. The molecule has 88 valence electrons. The van der Waals surface area contributed by atoms with Crippen molar-refractivity contribution in [2.45, 2.75) is 0 Å². The Morgan fingerprint density at radius 3 is 2.94 bits per heavy atom. The highest BCUT2D eigenvalue weighted by Crippen LogP contribution is 2.32. The number of methoxy groups -OCH3 is 1. The Bertz CT molecular complexity index is 601. The number of H-pyrrole nitrogens is 1. The number of hydrogen-bond donors (Lipinski definition) is 2. The second kappa shape index (κ2) is 4.51. The van der Waals surface area contributed by atoms with E-state index in [1.807, 2.05) is 12.1 Å². The molecule has 1 aromatic carbocycles. The molecule has 5 heteroatoms. The van der Waals surface area contributed by atoms with Gasteiger partial charge in [-0.3, -0.25) is 0 Å². The number of rotatable bonds is 3. The van der Waals surface area contributed by atoms with Crippen molar-refractivity contribution in [1.82, 2.24) is 4.98 Å². The number of ether oxygens (including phenoxy) is 1. The smallest absolute Gasteiger partial charge is 0.328 e. The van der Waals surface area contributed by atoms with E-state index in [4.69, 9.17) is 21.4 Å². The molecule has 17 heavy (non-hydrogen) atoms. The molecule has 4 nitrogen and oxygen atoms in total. The number of aromatic amines is 1. The lowest BCUT2D eigenvalue weighted by molar-refractivity contribution is -0.131. The molecule has 0 fully saturated rings. The number of para-hydroxylation sites is 1. The fourth-order valence-corrected chi connectivity index (χ4v) is 1.93. The molecule has 0 unspecified atom stereocenters. The Labute approximate surface area is 102 Å². The zero-order valence-corrected chi connectivity index (χ0v) is 9.78. The number of aromatic nitrogens is 1. The van der Waals surface area contributed by atoms with Gasteiger partial charge in [0.15, 0.2) is 0 Å². The summed E-state index contributed by atoms with van der Waals surface area (Å²) in [5, 5.41) is 9.83. The zero-order valence-electron chi connectivity index (χ0n) is 9.03. The Morgan fingerprint density at radius 1 is 1.53 bits per heavy atom. The van der Waals surface area contributed by atoms with Crippen LogP contribution in [0.1, 0.15) is 5.56 Å². The number of carboxylic acid groups (broad SMARTS) is 1. The molecule has 2 aromatic rings. The van der Waals surface area contributed by atoms with E-state index < -0.39 is 5.97 Å². The average molecular weight is 252 g/mol. The summed E-state index contributed by atoms with van der Waals surface area (Å²) < 4.78 is 5.19. The molecule has 0 aliphatic carbocycles. The minimum atomic E-state index is -1.02. The first-order valence-electron chi connectivity index (χ1n) is 4.88. The van der Waals surface area contributed by atoms with Gasteiger partial charge in [0, 0.05) is 17.0 Å². The predicted molar refractivity (Wildman–Crippen MR) is 66.5 cm³/mol. The molecule has 2 N–H and O–H groups in total. The van der Waals surface area contributed by atoms with Crippen molar-refractivity contribution < 1.29 is 14.6 Å². The van der Waals surface area contributed by atoms with Gasteiger partial charge in [-0.2, -0.15) is 0 Å². The van der Waals surface area contributed by atoms with E-state index in [9.17, 15) is 4.79 Å². The van der Waals surface area contributed by atoms with Crippen LogP contribution >= 0.6 is 11.6 Å². The van der Waals surface area contributed by atoms with Gasteiger partial charge >= 0.3 is 5.97 Å². The van der Waals surface area contributed by atoms with E-state index in [1.165, 1.54) is 6.08 Å². The topological polar surface area (TPSA) is 62.3 Å². The van der Waals surface area contributed by atoms with Crippen molar-refractivity contribution in [1.29, 1.82) is 0 Å². The van der Waals surface area contributed by atoms with Gasteiger partial charge in [0.25, 0.3) is 0 Å². The molecule has 0 amide bonds. The predicted octanol–water partition coefficient (Wildman–Crippen LogP) is 2.93. The third kappa shape index (κ3) is 2.12. The van der Waals surface area contributed by atoms with Crippen LogP contribution in [0.4, 0.5) is 0 Å². The van der Waals surface area contributed by atoms with Crippen molar-refractivity contribution in [3.8, 4) is 5.75 Å². The number of benzene rings is 1. The molecule has 0 aliphatic rings. The van der Waals surface area contributed by atoms with Gasteiger partial charge in [-0.25, -0.2) is 4.79 Å². The van der Waals surface area contributed by atoms with E-state index in [-0.39, 0.29) is 0 Å². The summed E-state index contributed by atoms with van der Waals surface area (Å²) >= 11 is 6.02. The van der Waals surface area contributed by atoms with Gasteiger partial charge < -0.3 is 14.8 Å².